The maximum atomic E-state index is 15.5. The summed E-state index contributed by atoms with van der Waals surface area (Å²) in [6.07, 6.45) is 5.00. The zero-order valence-corrected chi connectivity index (χ0v) is 17.9. The lowest BCUT2D eigenvalue weighted by atomic mass is 10.0. The maximum absolute atomic E-state index is 15.5. The lowest BCUT2D eigenvalue weighted by Crippen LogP contribution is -2.25. The van der Waals surface area contributed by atoms with Crippen LogP contribution >= 0.6 is 11.6 Å². The average molecular weight is 471 g/mol. The number of anilines is 2. The third kappa shape index (κ3) is 3.16. The van der Waals surface area contributed by atoms with Crippen molar-refractivity contribution in [2.24, 2.45) is 5.92 Å². The number of hydrogen-bond donors (Lipinski definition) is 2. The fraction of sp³-hybridized carbons (Fsp3) is 0.273. The number of aromatic amines is 1. The van der Waals surface area contributed by atoms with Crippen LogP contribution in [0.5, 0.6) is 0 Å². The van der Waals surface area contributed by atoms with E-state index < -0.39 is 23.8 Å². The Morgan fingerprint density at radius 3 is 2.85 bits per heavy atom. The van der Waals surface area contributed by atoms with E-state index in [0.29, 0.717) is 52.9 Å². The van der Waals surface area contributed by atoms with Gasteiger partial charge in [0.1, 0.15) is 17.5 Å². The molecule has 2 aliphatic rings. The van der Waals surface area contributed by atoms with Crippen LogP contribution < -0.4 is 10.2 Å². The number of amides is 2. The van der Waals surface area contributed by atoms with Gasteiger partial charge in [0.15, 0.2) is 11.6 Å². The number of carbonyl (C=O) groups is 2. The summed E-state index contributed by atoms with van der Waals surface area (Å²) in [5, 5.41) is 9.96. The number of alkyl halides is 1. The Bertz CT molecular complexity index is 1460. The second kappa shape index (κ2) is 7.24. The SMILES string of the molecule is O=C(Nc1cn2cc(-c3c(Cl)c(F)c(N4CCCC4=O)c4[nH]ncc34)ccc2n1)[C@@H]1C[C@@H]1F. The van der Waals surface area contributed by atoms with Gasteiger partial charge in [0, 0.05) is 35.7 Å². The molecule has 4 heterocycles. The van der Waals surface area contributed by atoms with E-state index in [1.807, 2.05) is 0 Å². The van der Waals surface area contributed by atoms with Crippen LogP contribution in [-0.2, 0) is 9.59 Å². The number of fused-ring (bicyclic) bond motifs is 2. The van der Waals surface area contributed by atoms with Gasteiger partial charge < -0.3 is 14.6 Å². The van der Waals surface area contributed by atoms with Crippen LogP contribution in [-0.4, -0.2) is 44.1 Å². The van der Waals surface area contributed by atoms with Crippen molar-refractivity contribution in [2.45, 2.75) is 25.4 Å². The van der Waals surface area contributed by atoms with Crippen LogP contribution in [0.4, 0.5) is 20.3 Å². The Labute approximate surface area is 190 Å². The Morgan fingerprint density at radius 1 is 1.30 bits per heavy atom. The van der Waals surface area contributed by atoms with Gasteiger partial charge in [-0.2, -0.15) is 5.10 Å². The van der Waals surface area contributed by atoms with Crippen LogP contribution in [0.15, 0.2) is 30.7 Å². The molecule has 0 radical (unpaired) electrons. The van der Waals surface area contributed by atoms with E-state index in [0.717, 1.165) is 0 Å². The molecule has 2 amide bonds. The molecule has 33 heavy (non-hydrogen) atoms. The molecule has 1 aliphatic carbocycles. The third-order valence-corrected chi connectivity index (χ3v) is 6.50. The van der Waals surface area contributed by atoms with E-state index in [-0.39, 0.29) is 23.0 Å². The predicted octanol–water partition coefficient (Wildman–Crippen LogP) is 4.09. The summed E-state index contributed by atoms with van der Waals surface area (Å²) in [7, 11) is 0. The largest absolute Gasteiger partial charge is 0.309 e. The Balaban J connectivity index is 1.43. The highest BCUT2D eigenvalue weighted by atomic mass is 35.5. The Hall–Kier alpha value is -3.53. The molecule has 1 aliphatic heterocycles. The van der Waals surface area contributed by atoms with Gasteiger partial charge >= 0.3 is 0 Å². The van der Waals surface area contributed by atoms with Gasteiger partial charge in [0.25, 0.3) is 0 Å². The number of hydrogen-bond acceptors (Lipinski definition) is 4. The van der Waals surface area contributed by atoms with Crippen LogP contribution in [0, 0.1) is 11.7 Å². The van der Waals surface area contributed by atoms with Gasteiger partial charge in [0.05, 0.1) is 28.9 Å². The molecule has 11 heteroatoms. The topological polar surface area (TPSA) is 95.4 Å². The molecule has 0 unspecified atom stereocenters. The zero-order chi connectivity index (χ0) is 22.9. The van der Waals surface area contributed by atoms with E-state index in [1.54, 1.807) is 35.1 Å². The van der Waals surface area contributed by atoms with Gasteiger partial charge in [0.2, 0.25) is 11.8 Å². The molecular formula is C22H17ClF2N6O2. The highest BCUT2D eigenvalue weighted by Gasteiger charge is 2.43. The summed E-state index contributed by atoms with van der Waals surface area (Å²) in [5.41, 5.74) is 2.07. The van der Waals surface area contributed by atoms with Crippen molar-refractivity contribution in [3.63, 3.8) is 0 Å². The van der Waals surface area contributed by atoms with Gasteiger partial charge in [-0.3, -0.25) is 14.7 Å². The minimum absolute atomic E-state index is 0.110. The van der Waals surface area contributed by atoms with Gasteiger partial charge in [-0.15, -0.1) is 0 Å². The van der Waals surface area contributed by atoms with Gasteiger partial charge in [-0.25, -0.2) is 13.8 Å². The number of nitrogens with zero attached hydrogens (tertiary/aromatic N) is 4. The number of carbonyl (C=O) groups excluding carboxylic acids is 2. The molecule has 0 spiro atoms. The number of rotatable bonds is 4. The molecule has 1 saturated carbocycles. The van der Waals surface area contributed by atoms with Crippen molar-refractivity contribution < 1.29 is 18.4 Å². The standard InChI is InChI=1S/C22H17ClF2N6O2/c23-18-17(12-7-26-29-20(12)21(19(18)25)31-5-1-2-16(31)32)10-3-4-15-27-14(9-30(15)8-10)28-22(33)11-6-13(11)24/h3-4,7-9,11,13H,1-2,5-6H2,(H,26,29)(H,28,33)/t11-,13+/m1/s1. The fourth-order valence-electron chi connectivity index (χ4n) is 4.37. The second-order valence-corrected chi connectivity index (χ2v) is 8.69. The number of aromatic nitrogens is 4. The summed E-state index contributed by atoms with van der Waals surface area (Å²) >= 11 is 6.50. The molecule has 1 saturated heterocycles. The number of imidazole rings is 1. The van der Waals surface area contributed by atoms with Crippen molar-refractivity contribution in [1.82, 2.24) is 19.6 Å². The summed E-state index contributed by atoms with van der Waals surface area (Å²) < 4.78 is 30.3. The maximum Gasteiger partial charge on any atom is 0.231 e. The van der Waals surface area contributed by atoms with E-state index in [1.165, 1.54) is 4.90 Å². The lowest BCUT2D eigenvalue weighted by molar-refractivity contribution is -0.118. The van der Waals surface area contributed by atoms with E-state index in [4.69, 9.17) is 11.6 Å². The van der Waals surface area contributed by atoms with Crippen molar-refractivity contribution >= 4 is 51.5 Å². The predicted molar refractivity (Wildman–Crippen MR) is 118 cm³/mol. The fourth-order valence-corrected chi connectivity index (χ4v) is 4.67. The number of nitrogens with one attached hydrogen (secondary N) is 2. The summed E-state index contributed by atoms with van der Waals surface area (Å²) in [4.78, 5) is 30.0. The average Bonchev–Trinajstić information content (AvgIpc) is 3.16. The summed E-state index contributed by atoms with van der Waals surface area (Å²) in [6, 6.07) is 3.44. The minimum atomic E-state index is -1.10. The van der Waals surface area contributed by atoms with Crippen molar-refractivity contribution in [3.05, 3.63) is 41.6 Å². The number of benzene rings is 1. The molecule has 2 fully saturated rings. The van der Waals surface area contributed by atoms with Gasteiger partial charge in [-0.1, -0.05) is 11.6 Å². The third-order valence-electron chi connectivity index (χ3n) is 6.15. The normalized spacial score (nSPS) is 20.2. The second-order valence-electron chi connectivity index (χ2n) is 8.32. The van der Waals surface area contributed by atoms with Gasteiger partial charge in [-0.05, 0) is 25.0 Å². The first-order valence-electron chi connectivity index (χ1n) is 10.5. The smallest absolute Gasteiger partial charge is 0.231 e. The van der Waals surface area contributed by atoms with Crippen LogP contribution in [0.25, 0.3) is 27.7 Å². The molecule has 1 aromatic carbocycles. The first-order valence-corrected chi connectivity index (χ1v) is 10.9. The molecule has 4 aromatic rings. The van der Waals surface area contributed by atoms with Crippen molar-refractivity contribution in [3.8, 4) is 11.1 Å². The molecule has 2 atom stereocenters. The van der Waals surface area contributed by atoms with Crippen LogP contribution in [0.2, 0.25) is 5.02 Å². The van der Waals surface area contributed by atoms with Crippen molar-refractivity contribution in [2.75, 3.05) is 16.8 Å². The molecule has 2 N–H and O–H groups in total. The minimum Gasteiger partial charge on any atom is -0.309 e. The Kier molecular flexibility index (Phi) is 4.41. The summed E-state index contributed by atoms with van der Waals surface area (Å²) in [5.74, 6) is -1.58. The first kappa shape index (κ1) is 20.1. The molecular weight excluding hydrogens is 454 g/mol. The highest BCUT2D eigenvalue weighted by molar-refractivity contribution is 6.36. The van der Waals surface area contributed by atoms with Crippen LogP contribution in [0.3, 0.4) is 0 Å². The first-order chi connectivity index (χ1) is 15.9. The van der Waals surface area contributed by atoms with Crippen LogP contribution in [0.1, 0.15) is 19.3 Å². The molecule has 0 bridgehead atoms. The monoisotopic (exact) mass is 470 g/mol. The van der Waals surface area contributed by atoms with E-state index in [2.05, 4.69) is 20.5 Å². The zero-order valence-electron chi connectivity index (χ0n) is 17.1. The van der Waals surface area contributed by atoms with E-state index >= 15 is 4.39 Å². The quantitative estimate of drug-likeness (QED) is 0.469. The molecule has 3 aromatic heterocycles. The highest BCUT2D eigenvalue weighted by Crippen LogP contribution is 2.43. The molecule has 8 nitrogen and oxygen atoms in total. The number of H-pyrrole nitrogens is 1. The molecule has 168 valence electrons. The summed E-state index contributed by atoms with van der Waals surface area (Å²) in [6.45, 7) is 0.416. The number of pyridine rings is 1. The lowest BCUT2D eigenvalue weighted by Gasteiger charge is -2.20. The molecule has 6 rings (SSSR count). The Morgan fingerprint density at radius 2 is 2.12 bits per heavy atom. The van der Waals surface area contributed by atoms with E-state index in [9.17, 15) is 14.0 Å². The number of halogens is 3. The van der Waals surface area contributed by atoms with Crippen molar-refractivity contribution in [1.29, 1.82) is 0 Å².